The van der Waals surface area contributed by atoms with Gasteiger partial charge in [0.15, 0.2) is 28.8 Å². The van der Waals surface area contributed by atoms with E-state index in [9.17, 15) is 19.5 Å². The molecule has 3 aromatic heterocycles. The van der Waals surface area contributed by atoms with Crippen molar-refractivity contribution in [3.05, 3.63) is 71.6 Å². The van der Waals surface area contributed by atoms with E-state index in [0.717, 1.165) is 5.56 Å². The minimum atomic E-state index is -1.06. The molecule has 3 heterocycles. The third kappa shape index (κ3) is 5.85. The maximum Gasteiger partial charge on any atom is 0.303 e. The van der Waals surface area contributed by atoms with E-state index in [4.69, 9.17) is 11.5 Å². The van der Waals surface area contributed by atoms with Crippen LogP contribution in [0, 0.1) is 0 Å². The van der Waals surface area contributed by atoms with E-state index in [-0.39, 0.29) is 41.9 Å². The lowest BCUT2D eigenvalue weighted by molar-refractivity contribution is -0.137. The molecule has 33 heavy (non-hydrogen) atoms. The number of Topliss-reactive ketones (excluding diaryl/α,β-unsaturated/α-hetero) is 1. The molecule has 3 rings (SSSR count). The number of anilines is 2. The lowest BCUT2D eigenvalue weighted by atomic mass is 9.91. The Morgan fingerprint density at radius 2 is 1.52 bits per heavy atom. The smallest absolute Gasteiger partial charge is 0.303 e. The monoisotopic (exact) mass is 449 g/mol. The number of nitrogen functional groups attached to an aromatic ring is 2. The molecule has 0 aliphatic rings. The number of hydrogen-bond acceptors (Lipinski definition) is 9. The predicted molar refractivity (Wildman–Crippen MR) is 119 cm³/mol. The van der Waals surface area contributed by atoms with Crippen molar-refractivity contribution in [3.8, 4) is 0 Å². The van der Waals surface area contributed by atoms with Gasteiger partial charge in [-0.15, -0.1) is 0 Å². The van der Waals surface area contributed by atoms with Gasteiger partial charge >= 0.3 is 5.97 Å². The van der Waals surface area contributed by atoms with Crippen LogP contribution in [-0.4, -0.2) is 42.7 Å². The van der Waals surface area contributed by atoms with E-state index >= 15 is 0 Å². The van der Waals surface area contributed by atoms with Crippen LogP contribution in [0.25, 0.3) is 0 Å². The zero-order chi connectivity index (χ0) is 24.0. The minimum absolute atomic E-state index is 0.195. The molecule has 0 aliphatic carbocycles. The van der Waals surface area contributed by atoms with E-state index in [1.165, 1.54) is 6.20 Å². The molecular weight excluding hydrogens is 426 g/mol. The highest BCUT2D eigenvalue weighted by Crippen LogP contribution is 2.26. The quantitative estimate of drug-likeness (QED) is 0.350. The van der Waals surface area contributed by atoms with Gasteiger partial charge in [0.05, 0.1) is 12.5 Å². The van der Waals surface area contributed by atoms with Crippen LogP contribution in [0.5, 0.6) is 0 Å². The highest BCUT2D eigenvalue weighted by atomic mass is 16.4. The number of aromatic nitrogens is 4. The number of nitrogens with two attached hydrogens (primary N) is 2. The molecule has 0 aromatic carbocycles. The van der Waals surface area contributed by atoms with Crippen LogP contribution >= 0.6 is 0 Å². The molecule has 0 saturated carbocycles. The van der Waals surface area contributed by atoms with Crippen LogP contribution < -0.4 is 16.8 Å². The first-order valence-electron chi connectivity index (χ1n) is 10.0. The van der Waals surface area contributed by atoms with Gasteiger partial charge in [0.1, 0.15) is 0 Å². The van der Waals surface area contributed by atoms with Gasteiger partial charge in [-0.25, -0.2) is 9.97 Å². The number of rotatable bonds is 9. The highest BCUT2D eigenvalue weighted by molar-refractivity contribution is 6.02. The Kier molecular flexibility index (Phi) is 7.24. The third-order valence-electron chi connectivity index (χ3n) is 4.97. The number of carboxylic acid groups (broad SMARTS) is 1. The zero-order valence-electron chi connectivity index (χ0n) is 17.8. The Labute approximate surface area is 189 Å². The van der Waals surface area contributed by atoms with E-state index in [1.807, 2.05) is 0 Å². The number of carbonyl (C=O) groups is 3. The molecule has 6 N–H and O–H groups in total. The summed E-state index contributed by atoms with van der Waals surface area (Å²) in [6.07, 6.45) is 5.80. The highest BCUT2D eigenvalue weighted by Gasteiger charge is 2.25. The van der Waals surface area contributed by atoms with Crippen molar-refractivity contribution >= 4 is 29.3 Å². The second-order valence-electron chi connectivity index (χ2n) is 7.38. The first kappa shape index (κ1) is 23.3. The minimum Gasteiger partial charge on any atom is -0.481 e. The fourth-order valence-electron chi connectivity index (χ4n) is 3.27. The van der Waals surface area contributed by atoms with Crippen LogP contribution in [0.3, 0.4) is 0 Å². The van der Waals surface area contributed by atoms with E-state index in [2.05, 4.69) is 25.3 Å². The maximum absolute atomic E-state index is 12.9. The Morgan fingerprint density at radius 1 is 0.939 bits per heavy atom. The number of nitrogens with zero attached hydrogens (tertiary/aromatic N) is 4. The van der Waals surface area contributed by atoms with Gasteiger partial charge in [-0.1, -0.05) is 12.1 Å². The summed E-state index contributed by atoms with van der Waals surface area (Å²) < 4.78 is 0. The Bertz CT molecular complexity index is 1160. The topological polar surface area (TPSA) is 187 Å². The van der Waals surface area contributed by atoms with Crippen molar-refractivity contribution in [1.29, 1.82) is 0 Å². The molecule has 0 aliphatic heterocycles. The summed E-state index contributed by atoms with van der Waals surface area (Å²) in [7, 11) is 0. The number of ketones is 1. The summed E-state index contributed by atoms with van der Waals surface area (Å²) in [5.41, 5.74) is 12.8. The normalized spacial score (nSPS) is 12.5. The number of carbonyl (C=O) groups excluding carboxylic acids is 2. The maximum atomic E-state index is 12.9. The van der Waals surface area contributed by atoms with Crippen LogP contribution in [-0.2, 0) is 4.79 Å². The predicted octanol–water partition coefficient (Wildman–Crippen LogP) is 1.75. The molecule has 0 radical (unpaired) electrons. The summed E-state index contributed by atoms with van der Waals surface area (Å²) in [5.74, 6) is -3.40. The molecule has 11 nitrogen and oxygen atoms in total. The van der Waals surface area contributed by atoms with Gasteiger partial charge in [0.2, 0.25) is 0 Å². The fraction of sp³-hybridized carbons (Fsp3) is 0.227. The fourth-order valence-corrected chi connectivity index (χ4v) is 3.27. The van der Waals surface area contributed by atoms with Crippen molar-refractivity contribution in [3.63, 3.8) is 0 Å². The van der Waals surface area contributed by atoms with Gasteiger partial charge < -0.3 is 21.9 Å². The van der Waals surface area contributed by atoms with Gasteiger partial charge in [-0.05, 0) is 30.2 Å². The lowest BCUT2D eigenvalue weighted by Crippen LogP contribution is -2.29. The standard InChI is InChI=1S/C22H23N7O4/c1-12(13-4-2-6-25-10-13)27-22(33)19-21(24)28-18(20(23)29-19)16(30)8-15(9-17(31)32)14-5-3-7-26-11-14/h2-7,10-12,15H,8-9H2,1H3,(H2,23,29)(H2,24,28)(H,27,33)(H,31,32). The van der Waals surface area contributed by atoms with Crippen LogP contribution in [0.15, 0.2) is 49.1 Å². The molecule has 0 spiro atoms. The van der Waals surface area contributed by atoms with E-state index in [1.54, 1.807) is 49.8 Å². The second-order valence-corrected chi connectivity index (χ2v) is 7.38. The molecule has 2 unspecified atom stereocenters. The summed E-state index contributed by atoms with van der Waals surface area (Å²) in [6.45, 7) is 1.76. The molecule has 0 bridgehead atoms. The Balaban J connectivity index is 1.79. The first-order chi connectivity index (χ1) is 15.8. The van der Waals surface area contributed by atoms with Gasteiger partial charge in [0.25, 0.3) is 5.91 Å². The van der Waals surface area contributed by atoms with Crippen molar-refractivity contribution in [2.24, 2.45) is 0 Å². The van der Waals surface area contributed by atoms with Crippen LogP contribution in [0.2, 0.25) is 0 Å². The molecule has 0 fully saturated rings. The number of nitrogens with one attached hydrogen (secondary N) is 1. The summed E-state index contributed by atoms with van der Waals surface area (Å²) in [5, 5.41) is 12.0. The van der Waals surface area contributed by atoms with E-state index < -0.39 is 23.6 Å². The van der Waals surface area contributed by atoms with Gasteiger partial charge in [0, 0.05) is 37.1 Å². The largest absolute Gasteiger partial charge is 0.481 e. The van der Waals surface area contributed by atoms with E-state index in [0.29, 0.717) is 5.56 Å². The van der Waals surface area contributed by atoms with Crippen molar-refractivity contribution in [2.75, 3.05) is 11.5 Å². The molecule has 170 valence electrons. The van der Waals surface area contributed by atoms with Crippen molar-refractivity contribution < 1.29 is 19.5 Å². The lowest BCUT2D eigenvalue weighted by Gasteiger charge is -2.16. The second kappa shape index (κ2) is 10.3. The third-order valence-corrected chi connectivity index (χ3v) is 4.97. The Hall–Kier alpha value is -4.41. The Morgan fingerprint density at radius 3 is 2.09 bits per heavy atom. The number of pyridine rings is 2. The first-order valence-corrected chi connectivity index (χ1v) is 10.0. The van der Waals surface area contributed by atoms with Crippen LogP contribution in [0.1, 0.15) is 63.8 Å². The molecular formula is C22H23N7O4. The van der Waals surface area contributed by atoms with Crippen LogP contribution in [0.4, 0.5) is 11.6 Å². The number of carboxylic acids is 1. The SMILES string of the molecule is CC(NC(=O)c1nc(N)c(C(=O)CC(CC(=O)O)c2cccnc2)nc1N)c1cccnc1. The molecule has 11 heteroatoms. The molecule has 2 atom stereocenters. The van der Waals surface area contributed by atoms with Crippen molar-refractivity contribution in [1.82, 2.24) is 25.3 Å². The molecule has 0 saturated heterocycles. The number of aliphatic carboxylic acids is 1. The zero-order valence-corrected chi connectivity index (χ0v) is 17.8. The average molecular weight is 449 g/mol. The summed E-state index contributed by atoms with van der Waals surface area (Å²) >= 11 is 0. The summed E-state index contributed by atoms with van der Waals surface area (Å²) in [4.78, 5) is 52.8. The summed E-state index contributed by atoms with van der Waals surface area (Å²) in [6, 6.07) is 6.51. The number of amides is 1. The average Bonchev–Trinajstić information content (AvgIpc) is 2.80. The van der Waals surface area contributed by atoms with Crippen molar-refractivity contribution in [2.45, 2.75) is 31.7 Å². The van der Waals surface area contributed by atoms with Gasteiger partial charge in [-0.3, -0.25) is 24.4 Å². The molecule has 1 amide bonds. The molecule has 3 aromatic rings. The number of hydrogen-bond donors (Lipinski definition) is 4. The van der Waals surface area contributed by atoms with Gasteiger partial charge in [-0.2, -0.15) is 0 Å².